The van der Waals surface area contributed by atoms with Crippen LogP contribution in [0.5, 0.6) is 5.75 Å². The van der Waals surface area contributed by atoms with Gasteiger partial charge in [0.05, 0.1) is 32.3 Å². The summed E-state index contributed by atoms with van der Waals surface area (Å²) in [4.78, 5) is 108. The van der Waals surface area contributed by atoms with Crippen molar-refractivity contribution >= 4 is 53.1 Å². The minimum Gasteiger partial charge on any atom is -0.497 e. The first-order chi connectivity index (χ1) is 28.7. The zero-order valence-electron chi connectivity index (χ0n) is 34.6. The second-order valence-electron chi connectivity index (χ2n) is 15.5. The summed E-state index contributed by atoms with van der Waals surface area (Å²) < 4.78 is 10.6. The lowest BCUT2D eigenvalue weighted by atomic mass is 9.83. The molecule has 0 bridgehead atoms. The molecule has 60 heavy (non-hydrogen) atoms. The Morgan fingerprint density at radius 3 is 2.18 bits per heavy atom. The Morgan fingerprint density at radius 2 is 1.57 bits per heavy atom. The Bertz CT molecular complexity index is 1820. The molecule has 2 fully saturated rings. The molecule has 2 aromatic rings. The van der Waals surface area contributed by atoms with Gasteiger partial charge < -0.3 is 52.0 Å². The lowest BCUT2D eigenvalue weighted by molar-refractivity contribution is -0.143. The van der Waals surface area contributed by atoms with Gasteiger partial charge in [-0.3, -0.25) is 28.8 Å². The molecule has 5 atom stereocenters. The largest absolute Gasteiger partial charge is 0.497 e. The number of anilines is 1. The number of carbonyl (C=O) groups excluding carboxylic acids is 8. The average Bonchev–Trinajstić information content (AvgIpc) is 3.66. The summed E-state index contributed by atoms with van der Waals surface area (Å²) in [6, 6.07) is 8.78. The molecule has 8 N–H and O–H groups in total. The number of amides is 8. The number of ether oxygens (including phenoxy) is 2. The lowest BCUT2D eigenvalue weighted by Crippen LogP contribution is -2.58. The maximum absolute atomic E-state index is 14.6. The number of methoxy groups -OCH3 is 1. The highest BCUT2D eigenvalue weighted by molar-refractivity contribution is 6.38. The molecule has 1 saturated heterocycles. The third-order valence-corrected chi connectivity index (χ3v) is 10.3. The van der Waals surface area contributed by atoms with Crippen LogP contribution in [0.25, 0.3) is 0 Å². The van der Waals surface area contributed by atoms with E-state index in [1.54, 1.807) is 61.5 Å². The van der Waals surface area contributed by atoms with Gasteiger partial charge in [-0.1, -0.05) is 76.8 Å². The lowest BCUT2D eigenvalue weighted by Gasteiger charge is -2.34. The van der Waals surface area contributed by atoms with Crippen molar-refractivity contribution in [3.8, 4) is 5.75 Å². The topological polar surface area (TPSA) is 256 Å². The van der Waals surface area contributed by atoms with Gasteiger partial charge in [0.1, 0.15) is 23.9 Å². The van der Waals surface area contributed by atoms with Gasteiger partial charge in [-0.15, -0.1) is 0 Å². The quantitative estimate of drug-likeness (QED) is 0.102. The zero-order chi connectivity index (χ0) is 43.8. The monoisotopic (exact) mass is 834 g/mol. The number of likely N-dealkylation sites (tertiary alicyclic amines) is 1. The fraction of sp³-hybridized carbons (Fsp3) is 0.524. The van der Waals surface area contributed by atoms with Gasteiger partial charge in [-0.05, 0) is 67.3 Å². The number of benzene rings is 2. The number of alkyl carbamates (subject to hydrolysis) is 1. The third kappa shape index (κ3) is 13.7. The molecule has 8 amide bonds. The molecule has 2 aliphatic rings. The second-order valence-corrected chi connectivity index (χ2v) is 15.5. The van der Waals surface area contributed by atoms with Crippen molar-refractivity contribution in [2.75, 3.05) is 32.1 Å². The number of nitrogens with zero attached hydrogens (tertiary/aromatic N) is 1. The van der Waals surface area contributed by atoms with Gasteiger partial charge in [-0.2, -0.15) is 0 Å². The van der Waals surface area contributed by atoms with Crippen molar-refractivity contribution in [2.45, 2.75) is 102 Å². The highest BCUT2D eigenvalue weighted by atomic mass is 16.5. The normalized spacial score (nSPS) is 17.9. The standard InChI is InChI=1S/C42H58N8O10/c1-5-12-31(36(52)39(55)44-22-33(51)48-34(37(43)53)26-13-8-6-9-14-26)47-38(54)32-21-29(46-41(57)45-28-17-19-30(59-4)20-18-28)23-50(32)40(56)35(27-15-10-7-11-16-27)49-42(58)60-24-25(2)3/h6,8-9,13-14,17-20,25,27,29,31-32,34-35H,5,7,10-12,15-16,21-24H2,1-4H3,(H2,43,53)(H,44,55)(H,47,54)(H,48,51)(H,49,58)(H2,45,46,57)/t29?,31?,32?,34-,35-/m1/s1. The van der Waals surface area contributed by atoms with E-state index in [9.17, 15) is 38.4 Å². The smallest absolute Gasteiger partial charge is 0.407 e. The fourth-order valence-electron chi connectivity index (χ4n) is 7.31. The summed E-state index contributed by atoms with van der Waals surface area (Å²) in [6.45, 7) is 4.88. The number of carbonyl (C=O) groups is 8. The molecular formula is C42H58N8O10. The number of nitrogens with one attached hydrogen (secondary N) is 6. The van der Waals surface area contributed by atoms with Crippen LogP contribution in [-0.4, -0.2) is 103 Å². The van der Waals surface area contributed by atoms with Gasteiger partial charge in [0, 0.05) is 12.2 Å². The summed E-state index contributed by atoms with van der Waals surface area (Å²) in [6.07, 6.45) is 3.59. The van der Waals surface area contributed by atoms with Crippen molar-refractivity contribution < 1.29 is 47.8 Å². The second kappa shape index (κ2) is 22.8. The van der Waals surface area contributed by atoms with E-state index in [0.717, 1.165) is 19.3 Å². The first-order valence-electron chi connectivity index (χ1n) is 20.4. The first-order valence-corrected chi connectivity index (χ1v) is 20.4. The van der Waals surface area contributed by atoms with E-state index in [4.69, 9.17) is 15.2 Å². The van der Waals surface area contributed by atoms with Crippen molar-refractivity contribution in [1.82, 2.24) is 31.5 Å². The minimum atomic E-state index is -1.34. The number of ketones is 1. The predicted molar refractivity (Wildman–Crippen MR) is 220 cm³/mol. The van der Waals surface area contributed by atoms with Gasteiger partial charge in [0.15, 0.2) is 0 Å². The van der Waals surface area contributed by atoms with Crippen LogP contribution in [0, 0.1) is 11.8 Å². The van der Waals surface area contributed by atoms with E-state index in [1.165, 1.54) is 12.0 Å². The Kier molecular flexibility index (Phi) is 17.7. The summed E-state index contributed by atoms with van der Waals surface area (Å²) in [5.41, 5.74) is 6.37. The Morgan fingerprint density at radius 1 is 0.883 bits per heavy atom. The maximum Gasteiger partial charge on any atom is 0.407 e. The SMILES string of the molecule is CCCC(NC(=O)C1CC(NC(=O)Nc2ccc(OC)cc2)CN1C(=O)[C@H](NC(=O)OCC(C)C)C1CCCCC1)C(=O)C(=O)NCC(=O)N[C@@H](C(N)=O)c1ccccc1. The Labute approximate surface area is 349 Å². The molecule has 326 valence electrons. The Balaban J connectivity index is 1.51. The number of rotatable bonds is 19. The minimum absolute atomic E-state index is 0.0442. The zero-order valence-corrected chi connectivity index (χ0v) is 34.6. The molecule has 4 rings (SSSR count). The molecule has 1 heterocycles. The molecule has 1 saturated carbocycles. The van der Waals surface area contributed by atoms with Crippen LogP contribution >= 0.6 is 0 Å². The molecule has 2 aromatic carbocycles. The summed E-state index contributed by atoms with van der Waals surface area (Å²) in [7, 11) is 1.52. The molecule has 3 unspecified atom stereocenters. The van der Waals surface area contributed by atoms with Crippen LogP contribution in [0.4, 0.5) is 15.3 Å². The summed E-state index contributed by atoms with van der Waals surface area (Å²) >= 11 is 0. The van der Waals surface area contributed by atoms with Crippen molar-refractivity contribution in [3.05, 3.63) is 60.2 Å². The van der Waals surface area contributed by atoms with Crippen molar-refractivity contribution in [1.29, 1.82) is 0 Å². The number of nitrogens with two attached hydrogens (primary N) is 1. The van der Waals surface area contributed by atoms with Gasteiger partial charge in [0.2, 0.25) is 29.4 Å². The molecule has 0 aromatic heterocycles. The number of urea groups is 1. The van der Waals surface area contributed by atoms with Crippen LogP contribution in [0.15, 0.2) is 54.6 Å². The average molecular weight is 835 g/mol. The number of hydrogen-bond acceptors (Lipinski definition) is 10. The summed E-state index contributed by atoms with van der Waals surface area (Å²) in [5.74, 6) is -4.71. The molecule has 18 heteroatoms. The van der Waals surface area contributed by atoms with E-state index >= 15 is 0 Å². The van der Waals surface area contributed by atoms with E-state index in [-0.39, 0.29) is 37.8 Å². The molecular weight excluding hydrogens is 777 g/mol. The fourth-order valence-corrected chi connectivity index (χ4v) is 7.31. The molecule has 18 nitrogen and oxygen atoms in total. The van der Waals surface area contributed by atoms with E-state index in [0.29, 0.717) is 36.3 Å². The van der Waals surface area contributed by atoms with Crippen LogP contribution in [0.2, 0.25) is 0 Å². The number of primary amides is 1. The molecule has 1 aliphatic carbocycles. The van der Waals surface area contributed by atoms with Gasteiger partial charge >= 0.3 is 12.1 Å². The van der Waals surface area contributed by atoms with Gasteiger partial charge in [0.25, 0.3) is 5.91 Å². The van der Waals surface area contributed by atoms with Crippen molar-refractivity contribution in [3.63, 3.8) is 0 Å². The van der Waals surface area contributed by atoms with E-state index in [1.807, 2.05) is 13.8 Å². The molecule has 0 spiro atoms. The van der Waals surface area contributed by atoms with Crippen LogP contribution in [0.3, 0.4) is 0 Å². The van der Waals surface area contributed by atoms with Crippen molar-refractivity contribution in [2.24, 2.45) is 17.6 Å². The molecule has 1 aliphatic heterocycles. The highest BCUT2D eigenvalue weighted by Crippen LogP contribution is 2.30. The van der Waals surface area contributed by atoms with Crippen LogP contribution < -0.4 is 42.4 Å². The Hall–Kier alpha value is -6.20. The highest BCUT2D eigenvalue weighted by Gasteiger charge is 2.45. The first kappa shape index (κ1) is 46.5. The molecule has 0 radical (unpaired) electrons. The van der Waals surface area contributed by atoms with Gasteiger partial charge in [-0.25, -0.2) is 9.59 Å². The van der Waals surface area contributed by atoms with Crippen LogP contribution in [0.1, 0.15) is 83.7 Å². The predicted octanol–water partition coefficient (Wildman–Crippen LogP) is 2.43. The maximum atomic E-state index is 14.6. The third-order valence-electron chi connectivity index (χ3n) is 10.3. The van der Waals surface area contributed by atoms with Crippen LogP contribution in [-0.2, 0) is 33.5 Å². The van der Waals surface area contributed by atoms with E-state index in [2.05, 4.69) is 31.9 Å². The van der Waals surface area contributed by atoms with E-state index < -0.39 is 84.2 Å². The number of Topliss-reactive ketones (excluding diaryl/α,β-unsaturated/α-hetero) is 1. The summed E-state index contributed by atoms with van der Waals surface area (Å²) in [5, 5.41) is 15.6. The number of hydrogen-bond donors (Lipinski definition) is 7.